The standard InChI is InChI=1S/C17H33N3O/c1-4-13-6-5-9-20(11-13)17(2,3)12-19-16(21)14-7-8-15(18)10-14/h13-15H,4-12,18H2,1-3H3,(H,19,21). The number of rotatable bonds is 5. The van der Waals surface area contributed by atoms with E-state index in [2.05, 4.69) is 31.0 Å². The third-order valence-electron chi connectivity index (χ3n) is 5.49. The number of carbonyl (C=O) groups is 1. The summed E-state index contributed by atoms with van der Waals surface area (Å²) >= 11 is 0. The van der Waals surface area contributed by atoms with Gasteiger partial charge in [-0.15, -0.1) is 0 Å². The number of likely N-dealkylation sites (tertiary alicyclic amines) is 1. The summed E-state index contributed by atoms with van der Waals surface area (Å²) in [6.45, 7) is 9.87. The first-order valence-corrected chi connectivity index (χ1v) is 8.70. The topological polar surface area (TPSA) is 58.4 Å². The maximum Gasteiger partial charge on any atom is 0.223 e. The van der Waals surface area contributed by atoms with Gasteiger partial charge in [-0.2, -0.15) is 0 Å². The molecule has 4 heteroatoms. The lowest BCUT2D eigenvalue weighted by molar-refractivity contribution is -0.125. The van der Waals surface area contributed by atoms with Gasteiger partial charge in [0.15, 0.2) is 0 Å². The van der Waals surface area contributed by atoms with Crippen LogP contribution >= 0.6 is 0 Å². The van der Waals surface area contributed by atoms with E-state index >= 15 is 0 Å². The number of nitrogens with two attached hydrogens (primary N) is 1. The van der Waals surface area contributed by atoms with Gasteiger partial charge >= 0.3 is 0 Å². The molecule has 2 aliphatic rings. The molecular formula is C17H33N3O. The Labute approximate surface area is 129 Å². The Morgan fingerprint density at radius 1 is 1.33 bits per heavy atom. The molecule has 122 valence electrons. The Balaban J connectivity index is 1.81. The smallest absolute Gasteiger partial charge is 0.223 e. The van der Waals surface area contributed by atoms with Crippen molar-refractivity contribution >= 4 is 5.91 Å². The van der Waals surface area contributed by atoms with Gasteiger partial charge in [-0.1, -0.05) is 13.3 Å². The van der Waals surface area contributed by atoms with Crippen LogP contribution in [0, 0.1) is 11.8 Å². The fourth-order valence-electron chi connectivity index (χ4n) is 3.76. The van der Waals surface area contributed by atoms with Crippen molar-refractivity contribution in [3.8, 4) is 0 Å². The van der Waals surface area contributed by atoms with Crippen molar-refractivity contribution in [2.75, 3.05) is 19.6 Å². The van der Waals surface area contributed by atoms with E-state index in [1.807, 2.05) is 0 Å². The van der Waals surface area contributed by atoms with Gasteiger partial charge < -0.3 is 11.1 Å². The summed E-state index contributed by atoms with van der Waals surface area (Å²) in [6.07, 6.45) is 6.70. The quantitative estimate of drug-likeness (QED) is 0.817. The monoisotopic (exact) mass is 295 g/mol. The summed E-state index contributed by atoms with van der Waals surface area (Å²) in [5, 5.41) is 3.18. The number of piperidine rings is 1. The average molecular weight is 295 g/mol. The first-order chi connectivity index (χ1) is 9.92. The van der Waals surface area contributed by atoms with Crippen molar-refractivity contribution in [3.63, 3.8) is 0 Å². The molecule has 2 fully saturated rings. The van der Waals surface area contributed by atoms with Crippen LogP contribution in [0.1, 0.15) is 59.3 Å². The van der Waals surface area contributed by atoms with Crippen LogP contribution in [0.5, 0.6) is 0 Å². The third-order valence-corrected chi connectivity index (χ3v) is 5.49. The molecule has 1 aliphatic heterocycles. The van der Waals surface area contributed by atoms with E-state index in [4.69, 9.17) is 5.73 Å². The number of carbonyl (C=O) groups excluding carboxylic acids is 1. The van der Waals surface area contributed by atoms with Crippen molar-refractivity contribution in [1.29, 1.82) is 0 Å². The van der Waals surface area contributed by atoms with Crippen LogP contribution in [-0.2, 0) is 4.79 Å². The lowest BCUT2D eigenvalue weighted by atomic mass is 9.91. The summed E-state index contributed by atoms with van der Waals surface area (Å²) < 4.78 is 0. The average Bonchev–Trinajstić information content (AvgIpc) is 2.91. The van der Waals surface area contributed by atoms with Gasteiger partial charge in [0, 0.05) is 30.6 Å². The van der Waals surface area contributed by atoms with Crippen molar-refractivity contribution in [3.05, 3.63) is 0 Å². The molecule has 0 aromatic carbocycles. The number of nitrogens with one attached hydrogen (secondary N) is 1. The van der Waals surface area contributed by atoms with Gasteiger partial charge in [0.25, 0.3) is 0 Å². The predicted molar refractivity (Wildman–Crippen MR) is 87.0 cm³/mol. The van der Waals surface area contributed by atoms with Crippen LogP contribution in [0.25, 0.3) is 0 Å². The van der Waals surface area contributed by atoms with Crippen LogP contribution in [-0.4, -0.2) is 42.0 Å². The second-order valence-corrected chi connectivity index (χ2v) is 7.66. The number of amides is 1. The summed E-state index contributed by atoms with van der Waals surface area (Å²) in [4.78, 5) is 14.8. The zero-order valence-electron chi connectivity index (χ0n) is 14.0. The van der Waals surface area contributed by atoms with E-state index in [1.54, 1.807) is 0 Å². The lowest BCUT2D eigenvalue weighted by Crippen LogP contribution is -2.55. The van der Waals surface area contributed by atoms with E-state index in [0.29, 0.717) is 0 Å². The molecular weight excluding hydrogens is 262 g/mol. The Bertz CT molecular complexity index is 356. The zero-order chi connectivity index (χ0) is 15.5. The summed E-state index contributed by atoms with van der Waals surface area (Å²) in [6, 6.07) is 0.223. The molecule has 1 amide bonds. The molecule has 2 rings (SSSR count). The highest BCUT2D eigenvalue weighted by molar-refractivity contribution is 5.79. The number of nitrogens with zero attached hydrogens (tertiary/aromatic N) is 1. The highest BCUT2D eigenvalue weighted by atomic mass is 16.1. The summed E-state index contributed by atoms with van der Waals surface area (Å²) in [5.41, 5.74) is 5.95. The summed E-state index contributed by atoms with van der Waals surface area (Å²) in [7, 11) is 0. The summed E-state index contributed by atoms with van der Waals surface area (Å²) in [5.74, 6) is 1.17. The molecule has 21 heavy (non-hydrogen) atoms. The van der Waals surface area contributed by atoms with Crippen LogP contribution in [0.3, 0.4) is 0 Å². The second-order valence-electron chi connectivity index (χ2n) is 7.66. The van der Waals surface area contributed by atoms with Crippen LogP contribution in [0.4, 0.5) is 0 Å². The largest absolute Gasteiger partial charge is 0.354 e. The molecule has 1 heterocycles. The third kappa shape index (κ3) is 4.43. The fraction of sp³-hybridized carbons (Fsp3) is 0.941. The molecule has 0 radical (unpaired) electrons. The minimum Gasteiger partial charge on any atom is -0.354 e. The van der Waals surface area contributed by atoms with Crippen molar-refractivity contribution in [1.82, 2.24) is 10.2 Å². The molecule has 3 atom stereocenters. The molecule has 1 aliphatic carbocycles. The Morgan fingerprint density at radius 2 is 2.10 bits per heavy atom. The first-order valence-electron chi connectivity index (χ1n) is 8.70. The molecule has 0 aromatic heterocycles. The van der Waals surface area contributed by atoms with Gasteiger partial charge in [-0.25, -0.2) is 0 Å². The molecule has 4 nitrogen and oxygen atoms in total. The molecule has 1 saturated heterocycles. The first kappa shape index (κ1) is 16.8. The fourth-order valence-corrected chi connectivity index (χ4v) is 3.76. The van der Waals surface area contributed by atoms with Crippen LogP contribution in [0.2, 0.25) is 0 Å². The highest BCUT2D eigenvalue weighted by Crippen LogP contribution is 2.27. The predicted octanol–water partition coefficient (Wildman–Crippen LogP) is 2.13. The van der Waals surface area contributed by atoms with Crippen molar-refractivity contribution < 1.29 is 4.79 Å². The Hall–Kier alpha value is -0.610. The van der Waals surface area contributed by atoms with Gasteiger partial charge in [0.05, 0.1) is 0 Å². The molecule has 3 N–H and O–H groups in total. The van der Waals surface area contributed by atoms with Crippen LogP contribution in [0.15, 0.2) is 0 Å². The number of hydrogen-bond acceptors (Lipinski definition) is 3. The highest BCUT2D eigenvalue weighted by Gasteiger charge is 2.33. The molecule has 0 bridgehead atoms. The Kier molecular flexibility index (Phi) is 5.67. The maximum atomic E-state index is 12.3. The van der Waals surface area contributed by atoms with E-state index in [-0.39, 0.29) is 23.4 Å². The molecule has 3 unspecified atom stereocenters. The minimum absolute atomic E-state index is 0.0459. The van der Waals surface area contributed by atoms with Gasteiger partial charge in [-0.05, 0) is 58.4 Å². The van der Waals surface area contributed by atoms with E-state index in [9.17, 15) is 4.79 Å². The van der Waals surface area contributed by atoms with Gasteiger partial charge in [0.2, 0.25) is 5.91 Å². The van der Waals surface area contributed by atoms with Gasteiger partial charge in [0.1, 0.15) is 0 Å². The molecule has 0 spiro atoms. The maximum absolute atomic E-state index is 12.3. The zero-order valence-corrected chi connectivity index (χ0v) is 14.0. The van der Waals surface area contributed by atoms with E-state index in [0.717, 1.165) is 38.3 Å². The normalized spacial score (nSPS) is 31.3. The Morgan fingerprint density at radius 3 is 2.71 bits per heavy atom. The van der Waals surface area contributed by atoms with Gasteiger partial charge in [-0.3, -0.25) is 9.69 Å². The second kappa shape index (κ2) is 7.10. The van der Waals surface area contributed by atoms with E-state index in [1.165, 1.54) is 25.8 Å². The van der Waals surface area contributed by atoms with Crippen molar-refractivity contribution in [2.24, 2.45) is 17.6 Å². The minimum atomic E-state index is 0.0459. The lowest BCUT2D eigenvalue weighted by Gasteiger charge is -2.43. The number of hydrogen-bond donors (Lipinski definition) is 2. The molecule has 1 saturated carbocycles. The van der Waals surface area contributed by atoms with E-state index < -0.39 is 0 Å². The molecule has 0 aromatic rings. The van der Waals surface area contributed by atoms with Crippen LogP contribution < -0.4 is 11.1 Å². The van der Waals surface area contributed by atoms with Crippen molar-refractivity contribution in [2.45, 2.75) is 70.9 Å². The SMILES string of the molecule is CCC1CCCN(C(C)(C)CNC(=O)C2CCC(N)C2)C1.